The monoisotopic (exact) mass is 270 g/mol. The Morgan fingerprint density at radius 3 is 2.57 bits per heavy atom. The smallest absolute Gasteiger partial charge is 0.279 e. The zero-order chi connectivity index (χ0) is 9.97. The molecule has 2 aromatic rings. The van der Waals surface area contributed by atoms with Crippen LogP contribution in [0.25, 0.3) is 0 Å². The van der Waals surface area contributed by atoms with E-state index in [-0.39, 0.29) is 0 Å². The lowest BCUT2D eigenvalue weighted by atomic mass is 10.3. The SMILES string of the molecule is Nc1ccc(Oc2nc(Br)cs2)cc1. The molecule has 72 valence electrons. The van der Waals surface area contributed by atoms with Gasteiger partial charge in [0.1, 0.15) is 10.4 Å². The highest BCUT2D eigenvalue weighted by atomic mass is 79.9. The Bertz CT molecular complexity index is 427. The van der Waals surface area contributed by atoms with Crippen LogP contribution in [0.15, 0.2) is 34.2 Å². The summed E-state index contributed by atoms with van der Waals surface area (Å²) < 4.78 is 6.26. The second-order valence-electron chi connectivity index (χ2n) is 2.61. The van der Waals surface area contributed by atoms with Crippen molar-refractivity contribution in [2.45, 2.75) is 0 Å². The van der Waals surface area contributed by atoms with E-state index in [1.54, 1.807) is 12.1 Å². The summed E-state index contributed by atoms with van der Waals surface area (Å²) in [6, 6.07) is 7.20. The van der Waals surface area contributed by atoms with Crippen LogP contribution < -0.4 is 10.5 Å². The van der Waals surface area contributed by atoms with Gasteiger partial charge in [0.25, 0.3) is 5.19 Å². The first kappa shape index (κ1) is 9.48. The summed E-state index contributed by atoms with van der Waals surface area (Å²) in [5.74, 6) is 0.737. The predicted molar refractivity (Wildman–Crippen MR) is 60.7 cm³/mol. The number of aromatic nitrogens is 1. The molecule has 1 heterocycles. The average Bonchev–Trinajstić information content (AvgIpc) is 2.56. The van der Waals surface area contributed by atoms with Gasteiger partial charge in [-0.3, -0.25) is 0 Å². The third-order valence-corrected chi connectivity index (χ3v) is 2.97. The number of hydrogen-bond donors (Lipinski definition) is 1. The summed E-state index contributed by atoms with van der Waals surface area (Å²) in [7, 11) is 0. The highest BCUT2D eigenvalue weighted by Crippen LogP contribution is 2.27. The van der Waals surface area contributed by atoms with E-state index in [2.05, 4.69) is 20.9 Å². The van der Waals surface area contributed by atoms with Gasteiger partial charge in [-0.05, 0) is 40.2 Å². The van der Waals surface area contributed by atoms with Gasteiger partial charge in [-0.15, -0.1) is 0 Å². The lowest BCUT2D eigenvalue weighted by Gasteiger charge is -2.00. The maximum atomic E-state index is 5.55. The van der Waals surface area contributed by atoms with E-state index in [9.17, 15) is 0 Å². The number of thiazole rings is 1. The number of hydrogen-bond acceptors (Lipinski definition) is 4. The van der Waals surface area contributed by atoms with E-state index in [4.69, 9.17) is 10.5 Å². The molecule has 0 spiro atoms. The first-order chi connectivity index (χ1) is 6.74. The second-order valence-corrected chi connectivity index (χ2v) is 4.24. The third-order valence-electron chi connectivity index (χ3n) is 1.54. The van der Waals surface area contributed by atoms with Gasteiger partial charge in [-0.2, -0.15) is 4.98 Å². The van der Waals surface area contributed by atoms with Gasteiger partial charge in [0.05, 0.1) is 0 Å². The Hall–Kier alpha value is -1.07. The molecule has 0 saturated carbocycles. The van der Waals surface area contributed by atoms with Crippen LogP contribution in [0.1, 0.15) is 0 Å². The van der Waals surface area contributed by atoms with Crippen LogP contribution in [-0.2, 0) is 0 Å². The van der Waals surface area contributed by atoms with E-state index in [0.717, 1.165) is 16.0 Å². The van der Waals surface area contributed by atoms with Crippen LogP contribution in [0.2, 0.25) is 0 Å². The van der Waals surface area contributed by atoms with Crippen molar-refractivity contribution < 1.29 is 4.74 Å². The molecule has 14 heavy (non-hydrogen) atoms. The molecule has 0 amide bonds. The minimum Gasteiger partial charge on any atom is -0.431 e. The Morgan fingerprint density at radius 1 is 1.29 bits per heavy atom. The van der Waals surface area contributed by atoms with Crippen molar-refractivity contribution in [3.63, 3.8) is 0 Å². The second kappa shape index (κ2) is 3.98. The number of nitrogens with two attached hydrogens (primary N) is 1. The van der Waals surface area contributed by atoms with Crippen molar-refractivity contribution in [3.8, 4) is 10.9 Å². The molecular weight excluding hydrogens is 264 g/mol. The molecule has 3 nitrogen and oxygen atoms in total. The van der Waals surface area contributed by atoms with Crippen molar-refractivity contribution in [1.29, 1.82) is 0 Å². The summed E-state index contributed by atoms with van der Waals surface area (Å²) in [6.07, 6.45) is 0. The van der Waals surface area contributed by atoms with Crippen molar-refractivity contribution >= 4 is 33.0 Å². The Morgan fingerprint density at radius 2 is 2.00 bits per heavy atom. The minimum absolute atomic E-state index is 0.613. The molecule has 0 bridgehead atoms. The van der Waals surface area contributed by atoms with Gasteiger partial charge in [-0.25, -0.2) is 0 Å². The maximum absolute atomic E-state index is 5.55. The van der Waals surface area contributed by atoms with Gasteiger partial charge in [0.2, 0.25) is 0 Å². The van der Waals surface area contributed by atoms with Gasteiger partial charge in [-0.1, -0.05) is 11.3 Å². The van der Waals surface area contributed by atoms with Crippen molar-refractivity contribution in [3.05, 3.63) is 34.2 Å². The summed E-state index contributed by atoms with van der Waals surface area (Å²) in [6.45, 7) is 0. The van der Waals surface area contributed by atoms with Crippen molar-refractivity contribution in [1.82, 2.24) is 4.98 Å². The van der Waals surface area contributed by atoms with E-state index in [1.807, 2.05) is 17.5 Å². The first-order valence-electron chi connectivity index (χ1n) is 3.88. The summed E-state index contributed by atoms with van der Waals surface area (Å²) in [4.78, 5) is 4.11. The Labute approximate surface area is 93.7 Å². The van der Waals surface area contributed by atoms with E-state index >= 15 is 0 Å². The maximum Gasteiger partial charge on any atom is 0.279 e. The lowest BCUT2D eigenvalue weighted by Crippen LogP contribution is -1.85. The molecule has 1 aromatic carbocycles. The zero-order valence-corrected chi connectivity index (χ0v) is 9.51. The van der Waals surface area contributed by atoms with Crippen LogP contribution in [0.4, 0.5) is 5.69 Å². The van der Waals surface area contributed by atoms with Crippen LogP contribution in [0.5, 0.6) is 10.9 Å². The molecule has 0 aliphatic rings. The molecule has 5 heteroatoms. The molecular formula is C9H7BrN2OS. The van der Waals surface area contributed by atoms with Crippen molar-refractivity contribution in [2.24, 2.45) is 0 Å². The fraction of sp³-hybridized carbons (Fsp3) is 0. The minimum atomic E-state index is 0.613. The van der Waals surface area contributed by atoms with E-state index in [0.29, 0.717) is 5.19 Å². The topological polar surface area (TPSA) is 48.1 Å². The molecule has 0 unspecified atom stereocenters. The highest BCUT2D eigenvalue weighted by Gasteiger charge is 2.01. The standard InChI is InChI=1S/C9H7BrN2OS/c10-8-5-14-9(12-8)13-7-3-1-6(11)2-4-7/h1-5H,11H2. The third kappa shape index (κ3) is 2.24. The first-order valence-corrected chi connectivity index (χ1v) is 5.56. The van der Waals surface area contributed by atoms with Crippen LogP contribution in [0.3, 0.4) is 0 Å². The largest absolute Gasteiger partial charge is 0.431 e. The van der Waals surface area contributed by atoms with Crippen LogP contribution in [0, 0.1) is 0 Å². The Kier molecular flexibility index (Phi) is 2.69. The zero-order valence-electron chi connectivity index (χ0n) is 7.11. The van der Waals surface area contributed by atoms with Crippen molar-refractivity contribution in [2.75, 3.05) is 5.73 Å². The normalized spacial score (nSPS) is 10.1. The number of halogens is 1. The molecule has 0 atom stereocenters. The number of nitrogens with zero attached hydrogens (tertiary/aromatic N) is 1. The molecule has 0 aliphatic carbocycles. The van der Waals surface area contributed by atoms with Crippen LogP contribution in [-0.4, -0.2) is 4.98 Å². The quantitative estimate of drug-likeness (QED) is 0.853. The number of benzene rings is 1. The fourth-order valence-electron chi connectivity index (χ4n) is 0.923. The number of rotatable bonds is 2. The van der Waals surface area contributed by atoms with Gasteiger partial charge in [0.15, 0.2) is 0 Å². The molecule has 0 aliphatic heterocycles. The molecule has 0 radical (unpaired) electrons. The van der Waals surface area contributed by atoms with Gasteiger partial charge < -0.3 is 10.5 Å². The molecule has 1 aromatic heterocycles. The Balaban J connectivity index is 2.15. The predicted octanol–water partition coefficient (Wildman–Crippen LogP) is 3.28. The average molecular weight is 271 g/mol. The van der Waals surface area contributed by atoms with E-state index < -0.39 is 0 Å². The molecule has 2 rings (SSSR count). The summed E-state index contributed by atoms with van der Waals surface area (Å²) in [5, 5.41) is 2.48. The molecule has 2 N–H and O–H groups in total. The number of ether oxygens (including phenoxy) is 1. The number of anilines is 1. The van der Waals surface area contributed by atoms with Crippen LogP contribution >= 0.6 is 27.3 Å². The lowest BCUT2D eigenvalue weighted by molar-refractivity contribution is 0.478. The molecule has 0 saturated heterocycles. The van der Waals surface area contributed by atoms with Gasteiger partial charge >= 0.3 is 0 Å². The number of nitrogen functional groups attached to an aromatic ring is 1. The summed E-state index contributed by atoms with van der Waals surface area (Å²) >= 11 is 4.69. The highest BCUT2D eigenvalue weighted by molar-refractivity contribution is 9.10. The van der Waals surface area contributed by atoms with Gasteiger partial charge in [0, 0.05) is 11.1 Å². The summed E-state index contributed by atoms with van der Waals surface area (Å²) in [5.41, 5.74) is 6.27. The molecule has 0 fully saturated rings. The van der Waals surface area contributed by atoms with E-state index in [1.165, 1.54) is 11.3 Å². The fourth-order valence-corrected chi connectivity index (χ4v) is 2.03.